The zero-order valence-electron chi connectivity index (χ0n) is 19.6. The van der Waals surface area contributed by atoms with Gasteiger partial charge in [0, 0.05) is 35.1 Å². The van der Waals surface area contributed by atoms with Crippen LogP contribution in [-0.2, 0) is 25.2 Å². The number of aliphatic hydroxyl groups is 1. The average Bonchev–Trinajstić information content (AvgIpc) is 2.87. The van der Waals surface area contributed by atoms with Crippen LogP contribution in [0.25, 0.3) is 11.4 Å². The molecule has 0 amide bonds. The highest BCUT2D eigenvalue weighted by Crippen LogP contribution is 2.43. The molecular weight excluding hydrogens is 442 g/mol. The number of thioether (sulfide) groups is 1. The summed E-state index contributed by atoms with van der Waals surface area (Å²) in [6, 6.07) is 17.0. The van der Waals surface area contributed by atoms with Crippen molar-refractivity contribution in [3.8, 4) is 23.0 Å². The van der Waals surface area contributed by atoms with Crippen molar-refractivity contribution in [3.63, 3.8) is 0 Å². The molecule has 0 radical (unpaired) electrons. The van der Waals surface area contributed by atoms with Crippen molar-refractivity contribution in [1.29, 1.82) is 0 Å². The molecule has 0 bridgehead atoms. The minimum absolute atomic E-state index is 0.0805. The molecule has 1 N–H and O–H groups in total. The van der Waals surface area contributed by atoms with Crippen molar-refractivity contribution in [1.82, 2.24) is 15.0 Å². The smallest absolute Gasteiger partial charge is 0.227 e. The van der Waals surface area contributed by atoms with E-state index in [1.54, 1.807) is 18.0 Å². The van der Waals surface area contributed by atoms with Crippen LogP contribution in [0.15, 0.2) is 59.8 Å². The fourth-order valence-corrected chi connectivity index (χ4v) is 5.05. The molecule has 2 aromatic heterocycles. The lowest BCUT2D eigenvalue weighted by Crippen LogP contribution is -2.13. The number of fused-ring (bicyclic) bond motifs is 2. The molecule has 4 aromatic rings. The lowest BCUT2D eigenvalue weighted by Gasteiger charge is -2.24. The summed E-state index contributed by atoms with van der Waals surface area (Å²) in [4.78, 5) is 14.2. The van der Waals surface area contributed by atoms with Gasteiger partial charge in [0.15, 0.2) is 11.6 Å². The molecule has 0 fully saturated rings. The molecule has 2 aromatic carbocycles. The highest BCUT2D eigenvalue weighted by Gasteiger charge is 2.27. The van der Waals surface area contributed by atoms with E-state index in [0.29, 0.717) is 23.9 Å². The first kappa shape index (κ1) is 22.6. The van der Waals surface area contributed by atoms with E-state index < -0.39 is 0 Å². The van der Waals surface area contributed by atoms with Gasteiger partial charge in [0.25, 0.3) is 0 Å². The van der Waals surface area contributed by atoms with Crippen molar-refractivity contribution in [3.05, 3.63) is 93.8 Å². The molecule has 3 heterocycles. The fraction of sp³-hybridized carbons (Fsp3) is 0.250. The van der Waals surface area contributed by atoms with Gasteiger partial charge in [0.05, 0.1) is 17.9 Å². The molecule has 5 rings (SSSR count). The van der Waals surface area contributed by atoms with Crippen LogP contribution in [0.2, 0.25) is 0 Å². The summed E-state index contributed by atoms with van der Waals surface area (Å²) in [6.45, 7) is 6.07. The number of pyridine rings is 1. The van der Waals surface area contributed by atoms with Crippen LogP contribution in [0.4, 0.5) is 0 Å². The fourth-order valence-electron chi connectivity index (χ4n) is 4.07. The van der Waals surface area contributed by atoms with Gasteiger partial charge in [0.1, 0.15) is 5.03 Å². The zero-order valence-corrected chi connectivity index (χ0v) is 20.4. The predicted molar refractivity (Wildman–Crippen MR) is 135 cm³/mol. The van der Waals surface area contributed by atoms with E-state index in [4.69, 9.17) is 14.7 Å². The van der Waals surface area contributed by atoms with E-state index in [0.717, 1.165) is 45.1 Å². The van der Waals surface area contributed by atoms with Gasteiger partial charge in [-0.05, 0) is 31.4 Å². The summed E-state index contributed by atoms with van der Waals surface area (Å²) in [7, 11) is 0. The van der Waals surface area contributed by atoms with Crippen LogP contribution >= 0.6 is 11.8 Å². The number of aryl methyl sites for hydroxylation is 3. The normalized spacial score (nSPS) is 12.1. The number of benzene rings is 2. The van der Waals surface area contributed by atoms with Gasteiger partial charge in [-0.3, -0.25) is 4.98 Å². The maximum atomic E-state index is 9.88. The van der Waals surface area contributed by atoms with E-state index >= 15 is 0 Å². The first-order valence-electron chi connectivity index (χ1n) is 11.5. The van der Waals surface area contributed by atoms with E-state index in [2.05, 4.69) is 55.2 Å². The monoisotopic (exact) mass is 469 g/mol. The van der Waals surface area contributed by atoms with Crippen molar-refractivity contribution in [2.45, 2.75) is 51.0 Å². The van der Waals surface area contributed by atoms with Crippen LogP contribution < -0.4 is 4.74 Å². The second-order valence-electron chi connectivity index (χ2n) is 8.57. The molecule has 34 heavy (non-hydrogen) atoms. The maximum absolute atomic E-state index is 9.88. The molecule has 0 aliphatic carbocycles. The molecule has 6 heteroatoms. The van der Waals surface area contributed by atoms with Crippen molar-refractivity contribution in [2.75, 3.05) is 0 Å². The van der Waals surface area contributed by atoms with Crippen LogP contribution in [0.5, 0.6) is 11.6 Å². The quantitative estimate of drug-likeness (QED) is 0.236. The molecule has 1 aliphatic heterocycles. The van der Waals surface area contributed by atoms with Gasteiger partial charge in [-0.15, -0.1) is 11.8 Å². The number of aliphatic hydroxyl groups excluding tert-OH is 1. The molecule has 1 aliphatic rings. The molecular formula is C28H27N3O2S. The Labute approximate surface area is 204 Å². The standard InChI is InChI=1S/C28H27N3O2S/c1-4-19-7-9-20(10-8-19)16-34-28-24-13-23-22(15-32)14-29-18(3)25(23)33-27(24)30-26(31-28)21-11-5-17(2)6-12-21/h5-12,14,32H,4,13,15-16H2,1-3H3. The van der Waals surface area contributed by atoms with E-state index in [1.165, 1.54) is 16.7 Å². The maximum Gasteiger partial charge on any atom is 0.227 e. The Bertz CT molecular complexity index is 1340. The Balaban J connectivity index is 1.56. The van der Waals surface area contributed by atoms with Crippen LogP contribution in [0, 0.1) is 13.8 Å². The number of rotatable bonds is 6. The predicted octanol–water partition coefficient (Wildman–Crippen LogP) is 6.20. The summed E-state index contributed by atoms with van der Waals surface area (Å²) >= 11 is 1.70. The summed E-state index contributed by atoms with van der Waals surface area (Å²) < 4.78 is 6.32. The first-order valence-corrected chi connectivity index (χ1v) is 12.5. The molecule has 5 nitrogen and oxygen atoms in total. The SMILES string of the molecule is CCc1ccc(CSc2nc(-c3ccc(C)cc3)nc3c2Cc2c(CO)cnc(C)c2O3)cc1. The Morgan fingerprint density at radius 1 is 0.941 bits per heavy atom. The van der Waals surface area contributed by atoms with Gasteiger partial charge in [-0.2, -0.15) is 4.98 Å². The lowest BCUT2D eigenvalue weighted by atomic mass is 9.99. The summed E-state index contributed by atoms with van der Waals surface area (Å²) in [5.41, 5.74) is 8.21. The van der Waals surface area contributed by atoms with Gasteiger partial charge in [-0.25, -0.2) is 4.98 Å². The van der Waals surface area contributed by atoms with E-state index in [1.807, 2.05) is 19.1 Å². The Morgan fingerprint density at radius 3 is 2.38 bits per heavy atom. The van der Waals surface area contributed by atoms with E-state index in [-0.39, 0.29) is 6.61 Å². The van der Waals surface area contributed by atoms with Crippen molar-refractivity contribution < 1.29 is 9.84 Å². The number of aromatic nitrogens is 3. The Hall–Kier alpha value is -3.22. The molecule has 0 saturated carbocycles. The summed E-state index contributed by atoms with van der Waals surface area (Å²) in [5.74, 6) is 2.71. The molecule has 0 saturated heterocycles. The van der Waals surface area contributed by atoms with Gasteiger partial charge < -0.3 is 9.84 Å². The largest absolute Gasteiger partial charge is 0.436 e. The van der Waals surface area contributed by atoms with Gasteiger partial charge >= 0.3 is 0 Å². The highest BCUT2D eigenvalue weighted by atomic mass is 32.2. The Kier molecular flexibility index (Phi) is 6.35. The van der Waals surface area contributed by atoms with Crippen LogP contribution in [0.1, 0.15) is 46.0 Å². The lowest BCUT2D eigenvalue weighted by molar-refractivity contribution is 0.278. The van der Waals surface area contributed by atoms with Crippen molar-refractivity contribution in [2.24, 2.45) is 0 Å². The highest BCUT2D eigenvalue weighted by molar-refractivity contribution is 7.98. The molecule has 0 unspecified atom stereocenters. The second kappa shape index (κ2) is 9.57. The zero-order chi connectivity index (χ0) is 23.7. The number of nitrogens with zero attached hydrogens (tertiary/aromatic N) is 3. The average molecular weight is 470 g/mol. The van der Waals surface area contributed by atoms with Crippen molar-refractivity contribution >= 4 is 11.8 Å². The first-order chi connectivity index (χ1) is 16.6. The van der Waals surface area contributed by atoms with Crippen LogP contribution in [0.3, 0.4) is 0 Å². The topological polar surface area (TPSA) is 68.1 Å². The number of ether oxygens (including phenoxy) is 1. The third-order valence-corrected chi connectivity index (χ3v) is 7.26. The molecule has 0 spiro atoms. The number of hydrogen-bond acceptors (Lipinski definition) is 6. The third kappa shape index (κ3) is 4.43. The van der Waals surface area contributed by atoms with Gasteiger partial charge in [-0.1, -0.05) is 61.0 Å². The minimum Gasteiger partial charge on any atom is -0.436 e. The third-order valence-electron chi connectivity index (χ3n) is 6.17. The second-order valence-corrected chi connectivity index (χ2v) is 9.54. The van der Waals surface area contributed by atoms with Crippen LogP contribution in [-0.4, -0.2) is 20.1 Å². The minimum atomic E-state index is -0.0805. The van der Waals surface area contributed by atoms with E-state index in [9.17, 15) is 5.11 Å². The molecule has 0 atom stereocenters. The van der Waals surface area contributed by atoms with Gasteiger partial charge in [0.2, 0.25) is 5.88 Å². The molecule has 172 valence electrons. The number of hydrogen-bond donors (Lipinski definition) is 1. The summed E-state index contributed by atoms with van der Waals surface area (Å²) in [6.07, 6.45) is 3.37. The summed E-state index contributed by atoms with van der Waals surface area (Å²) in [5, 5.41) is 10.8. The Morgan fingerprint density at radius 2 is 1.68 bits per heavy atom.